The third-order valence-corrected chi connectivity index (χ3v) is 5.84. The first-order valence-corrected chi connectivity index (χ1v) is 11.1. The SMILES string of the molecule is O=C(c1ccc2c(c1)OCCCO2)N1CCN(C(=O)c2ccc3c(c2)OCCCO3)CC1. The minimum Gasteiger partial charge on any atom is -0.490 e. The molecule has 2 amide bonds. The van der Waals surface area contributed by atoms with Crippen LogP contribution in [0.4, 0.5) is 0 Å². The molecule has 168 valence electrons. The average molecular weight is 438 g/mol. The van der Waals surface area contributed by atoms with Gasteiger partial charge in [-0.3, -0.25) is 9.59 Å². The Morgan fingerprint density at radius 2 is 0.938 bits per heavy atom. The summed E-state index contributed by atoms with van der Waals surface area (Å²) in [6.07, 6.45) is 1.63. The monoisotopic (exact) mass is 438 g/mol. The largest absolute Gasteiger partial charge is 0.490 e. The van der Waals surface area contributed by atoms with E-state index in [0.29, 0.717) is 86.7 Å². The number of amides is 2. The molecule has 3 heterocycles. The third kappa shape index (κ3) is 4.17. The minimum atomic E-state index is -0.0664. The van der Waals surface area contributed by atoms with Gasteiger partial charge in [0.2, 0.25) is 0 Å². The Kier molecular flexibility index (Phi) is 5.75. The maximum atomic E-state index is 13.0. The number of benzene rings is 2. The van der Waals surface area contributed by atoms with E-state index in [1.54, 1.807) is 46.2 Å². The summed E-state index contributed by atoms with van der Waals surface area (Å²) in [6.45, 7) is 4.27. The van der Waals surface area contributed by atoms with Gasteiger partial charge in [0.25, 0.3) is 11.8 Å². The van der Waals surface area contributed by atoms with Crippen molar-refractivity contribution in [3.63, 3.8) is 0 Å². The molecule has 0 bridgehead atoms. The van der Waals surface area contributed by atoms with Crippen LogP contribution in [-0.4, -0.2) is 74.2 Å². The van der Waals surface area contributed by atoms with Crippen molar-refractivity contribution in [1.82, 2.24) is 9.80 Å². The second kappa shape index (κ2) is 8.98. The van der Waals surface area contributed by atoms with E-state index in [2.05, 4.69) is 0 Å². The van der Waals surface area contributed by atoms with Crippen LogP contribution < -0.4 is 18.9 Å². The molecule has 5 rings (SSSR count). The second-order valence-corrected chi connectivity index (χ2v) is 8.01. The van der Waals surface area contributed by atoms with Gasteiger partial charge in [-0.25, -0.2) is 0 Å². The number of fused-ring (bicyclic) bond motifs is 2. The molecule has 3 aliphatic heterocycles. The maximum Gasteiger partial charge on any atom is 0.254 e. The molecule has 32 heavy (non-hydrogen) atoms. The molecule has 0 aromatic heterocycles. The Morgan fingerprint density at radius 3 is 1.34 bits per heavy atom. The molecule has 0 N–H and O–H groups in total. The summed E-state index contributed by atoms with van der Waals surface area (Å²) in [5, 5.41) is 0. The first-order chi connectivity index (χ1) is 15.7. The van der Waals surface area contributed by atoms with Crippen LogP contribution in [-0.2, 0) is 0 Å². The number of hydrogen-bond donors (Lipinski definition) is 0. The molecule has 0 aliphatic carbocycles. The zero-order valence-electron chi connectivity index (χ0n) is 17.9. The van der Waals surface area contributed by atoms with Crippen LogP contribution in [0.2, 0.25) is 0 Å². The standard InChI is InChI=1S/C24H26N2O6/c27-23(17-3-5-19-21(15-17)31-13-1-11-29-19)25-7-9-26(10-8-25)24(28)18-4-6-20-22(16-18)32-14-2-12-30-20/h3-6,15-16H,1-2,7-14H2. The molecule has 0 unspecified atom stereocenters. The summed E-state index contributed by atoms with van der Waals surface area (Å²) in [5.41, 5.74) is 1.13. The number of rotatable bonds is 2. The quantitative estimate of drug-likeness (QED) is 0.718. The highest BCUT2D eigenvalue weighted by Crippen LogP contribution is 2.32. The fourth-order valence-electron chi connectivity index (χ4n) is 4.07. The molecule has 0 atom stereocenters. The lowest BCUT2D eigenvalue weighted by atomic mass is 10.1. The molecule has 2 aromatic rings. The van der Waals surface area contributed by atoms with Crippen LogP contribution >= 0.6 is 0 Å². The third-order valence-electron chi connectivity index (χ3n) is 5.84. The Bertz CT molecular complexity index is 934. The van der Waals surface area contributed by atoms with Gasteiger partial charge in [-0.15, -0.1) is 0 Å². The second-order valence-electron chi connectivity index (χ2n) is 8.01. The average Bonchev–Trinajstić information content (AvgIpc) is 3.22. The zero-order chi connectivity index (χ0) is 21.9. The molecule has 0 saturated carbocycles. The van der Waals surface area contributed by atoms with E-state index in [9.17, 15) is 9.59 Å². The number of hydrogen-bond acceptors (Lipinski definition) is 6. The van der Waals surface area contributed by atoms with Crippen LogP contribution in [0.25, 0.3) is 0 Å². The fourth-order valence-corrected chi connectivity index (χ4v) is 4.07. The molecule has 8 heteroatoms. The smallest absolute Gasteiger partial charge is 0.254 e. The minimum absolute atomic E-state index is 0.0664. The first kappa shape index (κ1) is 20.5. The predicted octanol–water partition coefficient (Wildman–Crippen LogP) is 2.61. The van der Waals surface area contributed by atoms with Crippen molar-refractivity contribution in [2.24, 2.45) is 0 Å². The van der Waals surface area contributed by atoms with E-state index in [-0.39, 0.29) is 11.8 Å². The van der Waals surface area contributed by atoms with Crippen molar-refractivity contribution >= 4 is 11.8 Å². The molecule has 1 fully saturated rings. The summed E-state index contributed by atoms with van der Waals surface area (Å²) in [7, 11) is 0. The molecule has 8 nitrogen and oxygen atoms in total. The van der Waals surface area contributed by atoms with Crippen LogP contribution in [0.1, 0.15) is 33.6 Å². The van der Waals surface area contributed by atoms with E-state index < -0.39 is 0 Å². The lowest BCUT2D eigenvalue weighted by Gasteiger charge is -2.35. The Hall–Kier alpha value is -3.42. The van der Waals surface area contributed by atoms with E-state index in [0.717, 1.165) is 12.8 Å². The molecule has 3 aliphatic rings. The van der Waals surface area contributed by atoms with Crippen LogP contribution in [0.5, 0.6) is 23.0 Å². The number of carbonyl (C=O) groups excluding carboxylic acids is 2. The van der Waals surface area contributed by atoms with Gasteiger partial charge in [-0.1, -0.05) is 0 Å². The van der Waals surface area contributed by atoms with Gasteiger partial charge in [-0.2, -0.15) is 0 Å². The van der Waals surface area contributed by atoms with Crippen molar-refractivity contribution < 1.29 is 28.5 Å². The van der Waals surface area contributed by atoms with E-state index in [4.69, 9.17) is 18.9 Å². The molecule has 0 spiro atoms. The van der Waals surface area contributed by atoms with Crippen molar-refractivity contribution in [2.75, 3.05) is 52.6 Å². The van der Waals surface area contributed by atoms with Gasteiger partial charge < -0.3 is 28.7 Å². The molecular formula is C24H26N2O6. The Labute approximate surface area is 186 Å². The lowest BCUT2D eigenvalue weighted by Crippen LogP contribution is -2.50. The van der Waals surface area contributed by atoms with E-state index >= 15 is 0 Å². The van der Waals surface area contributed by atoms with Crippen molar-refractivity contribution in [2.45, 2.75) is 12.8 Å². The molecular weight excluding hydrogens is 412 g/mol. The highest BCUT2D eigenvalue weighted by molar-refractivity contribution is 5.96. The van der Waals surface area contributed by atoms with Crippen molar-refractivity contribution in [1.29, 1.82) is 0 Å². The van der Waals surface area contributed by atoms with Crippen molar-refractivity contribution in [3.8, 4) is 23.0 Å². The summed E-state index contributed by atoms with van der Waals surface area (Å²) in [5.74, 6) is 2.42. The molecule has 0 radical (unpaired) electrons. The predicted molar refractivity (Wildman–Crippen MR) is 116 cm³/mol. The van der Waals surface area contributed by atoms with Gasteiger partial charge in [0.05, 0.1) is 26.4 Å². The topological polar surface area (TPSA) is 77.5 Å². The highest BCUT2D eigenvalue weighted by atomic mass is 16.5. The normalized spacial score (nSPS) is 17.9. The summed E-state index contributed by atoms with van der Waals surface area (Å²) < 4.78 is 22.7. The van der Waals surface area contributed by atoms with Crippen LogP contribution in [0.15, 0.2) is 36.4 Å². The number of nitrogens with zero attached hydrogens (tertiary/aromatic N) is 2. The summed E-state index contributed by atoms with van der Waals surface area (Å²) in [4.78, 5) is 29.6. The van der Waals surface area contributed by atoms with Gasteiger partial charge in [0.1, 0.15) is 0 Å². The molecule has 1 saturated heterocycles. The number of carbonyl (C=O) groups is 2. The maximum absolute atomic E-state index is 13.0. The van der Waals surface area contributed by atoms with Gasteiger partial charge in [0.15, 0.2) is 23.0 Å². The zero-order valence-corrected chi connectivity index (χ0v) is 17.9. The lowest BCUT2D eigenvalue weighted by molar-refractivity contribution is 0.0535. The van der Waals surface area contributed by atoms with Crippen LogP contribution in [0, 0.1) is 0 Å². The highest BCUT2D eigenvalue weighted by Gasteiger charge is 2.27. The number of ether oxygens (including phenoxy) is 4. The van der Waals surface area contributed by atoms with Gasteiger partial charge in [0, 0.05) is 50.1 Å². The summed E-state index contributed by atoms with van der Waals surface area (Å²) in [6, 6.07) is 10.6. The van der Waals surface area contributed by atoms with Gasteiger partial charge >= 0.3 is 0 Å². The van der Waals surface area contributed by atoms with Crippen molar-refractivity contribution in [3.05, 3.63) is 47.5 Å². The number of piperazine rings is 1. The summed E-state index contributed by atoms with van der Waals surface area (Å²) >= 11 is 0. The van der Waals surface area contributed by atoms with E-state index in [1.165, 1.54) is 0 Å². The van der Waals surface area contributed by atoms with Gasteiger partial charge in [-0.05, 0) is 36.4 Å². The first-order valence-electron chi connectivity index (χ1n) is 11.1. The van der Waals surface area contributed by atoms with E-state index in [1.807, 2.05) is 0 Å². The Balaban J connectivity index is 1.22. The van der Waals surface area contributed by atoms with Crippen LogP contribution in [0.3, 0.4) is 0 Å². The molecule has 2 aromatic carbocycles. The fraction of sp³-hybridized carbons (Fsp3) is 0.417. The Morgan fingerprint density at radius 1 is 0.562 bits per heavy atom.